The fourth-order valence-electron chi connectivity index (χ4n) is 1.88. The van der Waals surface area contributed by atoms with Gasteiger partial charge in [-0.3, -0.25) is 4.79 Å². The van der Waals surface area contributed by atoms with Crippen LogP contribution in [-0.4, -0.2) is 37.5 Å². The van der Waals surface area contributed by atoms with Gasteiger partial charge < -0.3 is 15.5 Å². The largest absolute Gasteiger partial charge is 0.360 e. The van der Waals surface area contributed by atoms with Crippen molar-refractivity contribution in [1.29, 1.82) is 0 Å². The molecule has 0 spiro atoms. The summed E-state index contributed by atoms with van der Waals surface area (Å²) in [7, 11) is 1.78. The lowest BCUT2D eigenvalue weighted by Gasteiger charge is -2.33. The average molecular weight is 237 g/mol. The molecule has 1 aliphatic heterocycles. The zero-order valence-electron chi connectivity index (χ0n) is 9.82. The predicted octanol–water partition coefficient (Wildman–Crippen LogP) is 0.563. The molecule has 4 nitrogen and oxygen atoms in total. The predicted molar refractivity (Wildman–Crippen MR) is 64.1 cm³/mol. The van der Waals surface area contributed by atoms with Gasteiger partial charge in [0.25, 0.3) is 0 Å². The lowest BCUT2D eigenvalue weighted by atomic mass is 10.1. The number of nitrogens with zero attached hydrogens (tertiary/aromatic N) is 2. The van der Waals surface area contributed by atoms with E-state index in [0.717, 1.165) is 12.2 Å². The molecule has 1 aliphatic rings. The molecule has 1 heterocycles. The van der Waals surface area contributed by atoms with Crippen LogP contribution in [0, 0.1) is 5.82 Å². The van der Waals surface area contributed by atoms with Crippen molar-refractivity contribution < 1.29 is 9.18 Å². The van der Waals surface area contributed by atoms with Gasteiger partial charge in [-0.15, -0.1) is 0 Å². The van der Waals surface area contributed by atoms with Crippen molar-refractivity contribution in [2.24, 2.45) is 5.73 Å². The molecule has 1 amide bonds. The second-order valence-corrected chi connectivity index (χ2v) is 4.22. The molecule has 0 aliphatic carbocycles. The number of carbonyl (C=O) groups excluding carboxylic acids is 1. The zero-order valence-corrected chi connectivity index (χ0v) is 9.82. The van der Waals surface area contributed by atoms with Crippen LogP contribution in [0.2, 0.25) is 0 Å². The van der Waals surface area contributed by atoms with Crippen LogP contribution in [0.3, 0.4) is 0 Å². The Kier molecular flexibility index (Phi) is 3.28. The fraction of sp³-hybridized carbons (Fsp3) is 0.417. The van der Waals surface area contributed by atoms with Gasteiger partial charge in [0.2, 0.25) is 5.91 Å². The fourth-order valence-corrected chi connectivity index (χ4v) is 1.88. The number of amides is 1. The quantitative estimate of drug-likeness (QED) is 0.817. The third-order valence-electron chi connectivity index (χ3n) is 3.08. The summed E-state index contributed by atoms with van der Waals surface area (Å²) in [4.78, 5) is 15.1. The molecule has 1 aromatic rings. The minimum absolute atomic E-state index is 0.0551. The molecule has 5 heteroatoms. The summed E-state index contributed by atoms with van der Waals surface area (Å²) < 4.78 is 13.6. The van der Waals surface area contributed by atoms with Crippen LogP contribution in [0.25, 0.3) is 0 Å². The maximum atomic E-state index is 13.6. The number of carbonyl (C=O) groups is 1. The monoisotopic (exact) mass is 237 g/mol. The molecular formula is C12H16FN3O. The number of rotatable bonds is 2. The summed E-state index contributed by atoms with van der Waals surface area (Å²) in [6.07, 6.45) is 0. The molecule has 92 valence electrons. The number of likely N-dealkylation sites (N-methyl/N-ethyl adjacent to an activating group) is 1. The number of nitrogens with two attached hydrogens (primary N) is 1. The van der Waals surface area contributed by atoms with Crippen molar-refractivity contribution in [3.8, 4) is 0 Å². The maximum Gasteiger partial charge on any atom is 0.241 e. The molecule has 0 unspecified atom stereocenters. The number of piperazine rings is 1. The van der Waals surface area contributed by atoms with E-state index in [1.54, 1.807) is 18.0 Å². The Morgan fingerprint density at radius 1 is 1.41 bits per heavy atom. The van der Waals surface area contributed by atoms with E-state index in [9.17, 15) is 9.18 Å². The van der Waals surface area contributed by atoms with E-state index in [1.807, 2.05) is 11.0 Å². The minimum Gasteiger partial charge on any atom is -0.360 e. The first-order valence-corrected chi connectivity index (χ1v) is 5.59. The summed E-state index contributed by atoms with van der Waals surface area (Å²) >= 11 is 0. The number of hydrogen-bond acceptors (Lipinski definition) is 3. The number of hydrogen-bond donors (Lipinski definition) is 1. The Morgan fingerprint density at radius 3 is 2.76 bits per heavy atom. The topological polar surface area (TPSA) is 49.6 Å². The number of halogens is 1. The van der Waals surface area contributed by atoms with E-state index in [2.05, 4.69) is 0 Å². The van der Waals surface area contributed by atoms with Gasteiger partial charge in [-0.05, 0) is 12.1 Å². The SMILES string of the molecule is CN1CCN(c2ccc(CN)c(F)c2)CC1=O. The molecule has 0 radical (unpaired) electrons. The number of anilines is 1. The van der Waals surface area contributed by atoms with E-state index in [1.165, 1.54) is 6.07 Å². The third kappa shape index (κ3) is 2.39. The van der Waals surface area contributed by atoms with Crippen molar-refractivity contribution in [1.82, 2.24) is 4.90 Å². The summed E-state index contributed by atoms with van der Waals surface area (Å²) in [6, 6.07) is 4.93. The lowest BCUT2D eigenvalue weighted by Crippen LogP contribution is -2.48. The van der Waals surface area contributed by atoms with Gasteiger partial charge in [0.05, 0.1) is 6.54 Å². The Labute approximate surface area is 99.8 Å². The highest BCUT2D eigenvalue weighted by molar-refractivity contribution is 5.82. The molecule has 0 atom stereocenters. The Bertz CT molecular complexity index is 436. The molecule has 0 saturated carbocycles. The van der Waals surface area contributed by atoms with Crippen LogP contribution in [-0.2, 0) is 11.3 Å². The molecule has 2 rings (SSSR count). The van der Waals surface area contributed by atoms with E-state index >= 15 is 0 Å². The highest BCUT2D eigenvalue weighted by atomic mass is 19.1. The first kappa shape index (κ1) is 11.9. The summed E-state index contributed by atoms with van der Waals surface area (Å²) in [5.74, 6) is -0.254. The van der Waals surface area contributed by atoms with E-state index < -0.39 is 0 Å². The van der Waals surface area contributed by atoms with Crippen molar-refractivity contribution in [2.45, 2.75) is 6.54 Å². The highest BCUT2D eigenvalue weighted by Gasteiger charge is 2.21. The second kappa shape index (κ2) is 4.71. The highest BCUT2D eigenvalue weighted by Crippen LogP contribution is 2.20. The van der Waals surface area contributed by atoms with Crippen LogP contribution in [0.4, 0.5) is 10.1 Å². The molecule has 0 bridgehead atoms. The van der Waals surface area contributed by atoms with E-state index in [0.29, 0.717) is 18.7 Å². The molecule has 0 aromatic heterocycles. The van der Waals surface area contributed by atoms with E-state index in [4.69, 9.17) is 5.73 Å². The minimum atomic E-state index is -0.309. The Balaban J connectivity index is 2.18. The summed E-state index contributed by atoms with van der Waals surface area (Å²) in [5, 5.41) is 0. The standard InChI is InChI=1S/C12H16FN3O/c1-15-4-5-16(8-12(15)17)10-3-2-9(7-14)11(13)6-10/h2-3,6H,4-5,7-8,14H2,1H3. The normalized spacial score (nSPS) is 16.5. The van der Waals surface area contributed by atoms with Gasteiger partial charge in [0.15, 0.2) is 0 Å². The third-order valence-corrected chi connectivity index (χ3v) is 3.08. The average Bonchev–Trinajstić information content (AvgIpc) is 2.32. The number of benzene rings is 1. The van der Waals surface area contributed by atoms with Gasteiger partial charge in [-0.2, -0.15) is 0 Å². The summed E-state index contributed by atoms with van der Waals surface area (Å²) in [5.41, 5.74) is 6.64. The van der Waals surface area contributed by atoms with E-state index in [-0.39, 0.29) is 18.3 Å². The Morgan fingerprint density at radius 2 is 2.18 bits per heavy atom. The van der Waals surface area contributed by atoms with Gasteiger partial charge in [-0.1, -0.05) is 6.07 Å². The van der Waals surface area contributed by atoms with Crippen LogP contribution in [0.5, 0.6) is 0 Å². The van der Waals surface area contributed by atoms with Crippen LogP contribution >= 0.6 is 0 Å². The first-order valence-electron chi connectivity index (χ1n) is 5.59. The lowest BCUT2D eigenvalue weighted by molar-refractivity contribution is -0.129. The van der Waals surface area contributed by atoms with Crippen molar-refractivity contribution in [2.75, 3.05) is 31.6 Å². The van der Waals surface area contributed by atoms with Gasteiger partial charge in [0.1, 0.15) is 5.82 Å². The van der Waals surface area contributed by atoms with Gasteiger partial charge in [-0.25, -0.2) is 4.39 Å². The Hall–Kier alpha value is -1.62. The second-order valence-electron chi connectivity index (χ2n) is 4.22. The van der Waals surface area contributed by atoms with Crippen LogP contribution < -0.4 is 10.6 Å². The first-order chi connectivity index (χ1) is 8.11. The molecule has 1 aromatic carbocycles. The van der Waals surface area contributed by atoms with Crippen molar-refractivity contribution in [3.63, 3.8) is 0 Å². The van der Waals surface area contributed by atoms with Crippen LogP contribution in [0.1, 0.15) is 5.56 Å². The van der Waals surface area contributed by atoms with Crippen LogP contribution in [0.15, 0.2) is 18.2 Å². The zero-order chi connectivity index (χ0) is 12.4. The van der Waals surface area contributed by atoms with Crippen molar-refractivity contribution >= 4 is 11.6 Å². The summed E-state index contributed by atoms with van der Waals surface area (Å²) in [6.45, 7) is 1.88. The molecule has 2 N–H and O–H groups in total. The molecular weight excluding hydrogens is 221 g/mol. The molecule has 1 fully saturated rings. The smallest absolute Gasteiger partial charge is 0.241 e. The molecule has 17 heavy (non-hydrogen) atoms. The van der Waals surface area contributed by atoms with Gasteiger partial charge in [0, 0.05) is 37.9 Å². The van der Waals surface area contributed by atoms with Gasteiger partial charge >= 0.3 is 0 Å². The molecule has 1 saturated heterocycles. The van der Waals surface area contributed by atoms with Crippen molar-refractivity contribution in [3.05, 3.63) is 29.6 Å². The maximum absolute atomic E-state index is 13.6.